The van der Waals surface area contributed by atoms with E-state index in [-0.39, 0.29) is 36.9 Å². The average Bonchev–Trinajstić information content (AvgIpc) is 2.82. The lowest BCUT2D eigenvalue weighted by Crippen LogP contribution is -2.49. The van der Waals surface area contributed by atoms with E-state index in [4.69, 9.17) is 11.6 Å². The van der Waals surface area contributed by atoms with E-state index >= 15 is 0 Å². The van der Waals surface area contributed by atoms with Gasteiger partial charge in [-0.15, -0.1) is 0 Å². The Bertz CT molecular complexity index is 1230. The summed E-state index contributed by atoms with van der Waals surface area (Å²) in [5.74, 6) is -0.276. The highest BCUT2D eigenvalue weighted by molar-refractivity contribution is 6.30. The van der Waals surface area contributed by atoms with Gasteiger partial charge in [0.05, 0.1) is 0 Å². The summed E-state index contributed by atoms with van der Waals surface area (Å²) >= 11 is 6.14. The van der Waals surface area contributed by atoms with E-state index in [0.717, 1.165) is 29.7 Å². The molecule has 0 saturated carbocycles. The van der Waals surface area contributed by atoms with Crippen LogP contribution in [0.2, 0.25) is 5.02 Å². The van der Waals surface area contributed by atoms with Crippen LogP contribution in [0.4, 0.5) is 5.69 Å². The third-order valence-electron chi connectivity index (χ3n) is 6.01. The number of benzene rings is 2. The number of nitrogens with zero attached hydrogens (tertiary/aromatic N) is 3. The lowest BCUT2D eigenvalue weighted by atomic mass is 10.1. The molecule has 7 nitrogen and oxygen atoms in total. The number of pyridine rings is 1. The first-order valence-corrected chi connectivity index (χ1v) is 11.4. The van der Waals surface area contributed by atoms with Gasteiger partial charge in [-0.3, -0.25) is 14.4 Å². The molecule has 1 aliphatic heterocycles. The summed E-state index contributed by atoms with van der Waals surface area (Å²) in [4.78, 5) is 41.5. The highest BCUT2D eigenvalue weighted by Crippen LogP contribution is 2.25. The molecule has 2 amide bonds. The molecule has 0 atom stereocenters. The van der Waals surface area contributed by atoms with E-state index in [1.54, 1.807) is 18.3 Å². The molecule has 1 aromatic heterocycles. The van der Waals surface area contributed by atoms with Gasteiger partial charge in [0.2, 0.25) is 11.8 Å². The van der Waals surface area contributed by atoms with Crippen molar-refractivity contribution in [3.63, 3.8) is 0 Å². The number of anilines is 1. The Labute approximate surface area is 197 Å². The predicted octanol–water partition coefficient (Wildman–Crippen LogP) is 2.82. The fourth-order valence-electron chi connectivity index (χ4n) is 4.15. The number of aromatic nitrogens is 1. The second-order valence-corrected chi connectivity index (χ2v) is 8.67. The second kappa shape index (κ2) is 10.1. The highest BCUT2D eigenvalue weighted by atomic mass is 35.5. The molecule has 1 fully saturated rings. The molecule has 0 bridgehead atoms. The number of carbonyl (C=O) groups is 2. The highest BCUT2D eigenvalue weighted by Gasteiger charge is 2.22. The maximum absolute atomic E-state index is 12.6. The summed E-state index contributed by atoms with van der Waals surface area (Å²) in [6.07, 6.45) is 1.85. The van der Waals surface area contributed by atoms with Crippen LogP contribution < -0.4 is 15.8 Å². The lowest BCUT2D eigenvalue weighted by molar-refractivity contribution is -0.131. The van der Waals surface area contributed by atoms with Crippen molar-refractivity contribution in [3.8, 4) is 0 Å². The van der Waals surface area contributed by atoms with Crippen molar-refractivity contribution in [3.05, 3.63) is 75.7 Å². The van der Waals surface area contributed by atoms with Crippen molar-refractivity contribution in [2.75, 3.05) is 37.6 Å². The van der Waals surface area contributed by atoms with E-state index in [2.05, 4.69) is 17.1 Å². The van der Waals surface area contributed by atoms with E-state index in [1.165, 1.54) is 4.57 Å². The molecule has 0 aliphatic carbocycles. The van der Waals surface area contributed by atoms with Gasteiger partial charge in [0, 0.05) is 61.4 Å². The molecule has 0 spiro atoms. The predicted molar refractivity (Wildman–Crippen MR) is 131 cm³/mol. The molecule has 1 aliphatic rings. The van der Waals surface area contributed by atoms with E-state index in [1.807, 2.05) is 41.3 Å². The number of hydrogen-bond acceptors (Lipinski definition) is 4. The van der Waals surface area contributed by atoms with Crippen molar-refractivity contribution in [1.29, 1.82) is 0 Å². The molecule has 0 unspecified atom stereocenters. The number of nitrogens with one attached hydrogen (secondary N) is 1. The van der Waals surface area contributed by atoms with Crippen molar-refractivity contribution >= 4 is 39.9 Å². The van der Waals surface area contributed by atoms with Crippen molar-refractivity contribution in [1.82, 2.24) is 14.8 Å². The van der Waals surface area contributed by atoms with Gasteiger partial charge in [-0.25, -0.2) is 0 Å². The van der Waals surface area contributed by atoms with Crippen LogP contribution in [0, 0.1) is 6.92 Å². The Hall–Kier alpha value is -3.32. The minimum Gasteiger partial charge on any atom is -0.368 e. The molecule has 3 aromatic rings. The fourth-order valence-corrected chi connectivity index (χ4v) is 4.32. The van der Waals surface area contributed by atoms with E-state index in [0.29, 0.717) is 23.5 Å². The van der Waals surface area contributed by atoms with Crippen molar-refractivity contribution in [2.24, 2.45) is 0 Å². The first kappa shape index (κ1) is 22.9. The number of hydrogen-bond donors (Lipinski definition) is 1. The molecule has 2 heterocycles. The van der Waals surface area contributed by atoms with Crippen LogP contribution in [0.5, 0.6) is 0 Å². The Morgan fingerprint density at radius 2 is 1.79 bits per heavy atom. The minimum atomic E-state index is -0.290. The smallest absolute Gasteiger partial charge is 0.258 e. The van der Waals surface area contributed by atoms with Crippen LogP contribution in [0.3, 0.4) is 0 Å². The standard InChI is InChI=1S/C25H27ClN4O3/c1-18-6-7-20(26)16-22(18)28-12-14-29(15-13-28)24(32)8-10-27-23(31)17-30-11-9-19-4-2-3-5-21(19)25(30)33/h2-7,9,11,16H,8,10,12-15,17H2,1H3,(H,27,31). The molecular weight excluding hydrogens is 440 g/mol. The van der Waals surface area contributed by atoms with Gasteiger partial charge >= 0.3 is 0 Å². The van der Waals surface area contributed by atoms with Gasteiger partial charge in [-0.05, 0) is 42.1 Å². The second-order valence-electron chi connectivity index (χ2n) is 8.23. The monoisotopic (exact) mass is 466 g/mol. The number of halogens is 1. The first-order valence-electron chi connectivity index (χ1n) is 11.1. The molecule has 1 saturated heterocycles. The summed E-state index contributed by atoms with van der Waals surface area (Å²) in [5, 5.41) is 4.88. The van der Waals surface area contributed by atoms with Gasteiger partial charge in [0.15, 0.2) is 0 Å². The summed E-state index contributed by atoms with van der Waals surface area (Å²) in [6, 6.07) is 14.9. The fraction of sp³-hybridized carbons (Fsp3) is 0.320. The third-order valence-corrected chi connectivity index (χ3v) is 6.24. The number of piperazine rings is 1. The first-order chi connectivity index (χ1) is 15.9. The number of amides is 2. The number of rotatable bonds is 6. The largest absolute Gasteiger partial charge is 0.368 e. The van der Waals surface area contributed by atoms with Gasteiger partial charge < -0.3 is 19.7 Å². The van der Waals surface area contributed by atoms with Crippen LogP contribution in [-0.2, 0) is 16.1 Å². The normalized spacial score (nSPS) is 13.9. The molecular formula is C25H27ClN4O3. The summed E-state index contributed by atoms with van der Waals surface area (Å²) < 4.78 is 1.39. The van der Waals surface area contributed by atoms with Gasteiger partial charge in [-0.1, -0.05) is 35.9 Å². The molecule has 33 heavy (non-hydrogen) atoms. The van der Waals surface area contributed by atoms with Crippen LogP contribution in [0.15, 0.2) is 59.5 Å². The summed E-state index contributed by atoms with van der Waals surface area (Å²) in [6.45, 7) is 4.96. The maximum Gasteiger partial charge on any atom is 0.258 e. The van der Waals surface area contributed by atoms with E-state index < -0.39 is 0 Å². The van der Waals surface area contributed by atoms with Gasteiger partial charge in [-0.2, -0.15) is 0 Å². The lowest BCUT2D eigenvalue weighted by Gasteiger charge is -2.37. The van der Waals surface area contributed by atoms with Crippen LogP contribution >= 0.6 is 11.6 Å². The van der Waals surface area contributed by atoms with E-state index in [9.17, 15) is 14.4 Å². The number of aryl methyl sites for hydroxylation is 1. The minimum absolute atomic E-state index is 0.0145. The Morgan fingerprint density at radius 3 is 2.58 bits per heavy atom. The zero-order valence-corrected chi connectivity index (χ0v) is 19.3. The molecule has 8 heteroatoms. The van der Waals surface area contributed by atoms with Crippen LogP contribution in [0.25, 0.3) is 10.8 Å². The molecule has 172 valence electrons. The molecule has 1 N–H and O–H groups in total. The topological polar surface area (TPSA) is 74.7 Å². The number of carbonyl (C=O) groups excluding carboxylic acids is 2. The summed E-state index contributed by atoms with van der Waals surface area (Å²) in [7, 11) is 0. The Morgan fingerprint density at radius 1 is 1.03 bits per heavy atom. The Kier molecular flexibility index (Phi) is 6.99. The molecule has 0 radical (unpaired) electrons. The summed E-state index contributed by atoms with van der Waals surface area (Å²) in [5.41, 5.74) is 2.06. The molecule has 2 aromatic carbocycles. The van der Waals surface area contributed by atoms with Crippen LogP contribution in [-0.4, -0.2) is 54.0 Å². The maximum atomic E-state index is 12.6. The molecule has 4 rings (SSSR count). The SMILES string of the molecule is Cc1ccc(Cl)cc1N1CCN(C(=O)CCNC(=O)Cn2ccc3ccccc3c2=O)CC1. The van der Waals surface area contributed by atoms with Crippen molar-refractivity contribution < 1.29 is 9.59 Å². The van der Waals surface area contributed by atoms with Gasteiger partial charge in [0.1, 0.15) is 6.54 Å². The van der Waals surface area contributed by atoms with Crippen molar-refractivity contribution in [2.45, 2.75) is 19.9 Å². The zero-order chi connectivity index (χ0) is 23.4. The Balaban J connectivity index is 1.24. The number of fused-ring (bicyclic) bond motifs is 1. The average molecular weight is 467 g/mol. The zero-order valence-electron chi connectivity index (χ0n) is 18.6. The third kappa shape index (κ3) is 5.37. The van der Waals surface area contributed by atoms with Crippen LogP contribution in [0.1, 0.15) is 12.0 Å². The van der Waals surface area contributed by atoms with Gasteiger partial charge in [0.25, 0.3) is 5.56 Å². The quantitative estimate of drug-likeness (QED) is 0.606.